The molecule has 202 valence electrons. The third-order valence-electron chi connectivity index (χ3n) is 12.1. The molecular formula is C33H54N2O. The lowest BCUT2D eigenvalue weighted by atomic mass is 9.44. The van der Waals surface area contributed by atoms with Gasteiger partial charge in [-0.1, -0.05) is 53.9 Å². The normalized spacial score (nSPS) is 40.8. The Morgan fingerprint density at radius 2 is 1.64 bits per heavy atom. The van der Waals surface area contributed by atoms with Crippen LogP contribution in [0, 0.1) is 52.3 Å². The number of fused-ring (bicyclic) bond motifs is 5. The van der Waals surface area contributed by atoms with Crippen molar-refractivity contribution in [2.24, 2.45) is 52.3 Å². The van der Waals surface area contributed by atoms with Crippen LogP contribution in [0.3, 0.4) is 0 Å². The van der Waals surface area contributed by atoms with Crippen LogP contribution in [0.15, 0.2) is 18.2 Å². The number of hydrogen-bond donors (Lipinski definition) is 2. The molecule has 0 saturated heterocycles. The minimum absolute atomic E-state index is 0.293. The molecule has 4 N–H and O–H groups in total. The van der Waals surface area contributed by atoms with E-state index >= 15 is 0 Å². The highest BCUT2D eigenvalue weighted by atomic mass is 16.5. The Kier molecular flexibility index (Phi) is 7.33. The zero-order chi connectivity index (χ0) is 25.7. The van der Waals surface area contributed by atoms with Crippen molar-refractivity contribution in [1.82, 2.24) is 0 Å². The molecule has 0 heterocycles. The van der Waals surface area contributed by atoms with Crippen LogP contribution >= 0.6 is 0 Å². The molecule has 36 heavy (non-hydrogen) atoms. The number of rotatable bonds is 7. The van der Waals surface area contributed by atoms with E-state index in [1.165, 1.54) is 70.6 Å². The Morgan fingerprint density at radius 1 is 0.889 bits per heavy atom. The molecule has 3 nitrogen and oxygen atoms in total. The van der Waals surface area contributed by atoms with Crippen LogP contribution in [0.2, 0.25) is 0 Å². The lowest BCUT2D eigenvalue weighted by molar-refractivity contribution is -0.126. The maximum Gasteiger partial charge on any atom is 0.142 e. The van der Waals surface area contributed by atoms with E-state index in [2.05, 4.69) is 34.6 Å². The molecule has 4 fully saturated rings. The standard InChI is InChI=1S/C33H54N2O/c1-21(2)7-6-8-22(3)27-12-13-28-26-11-9-23-19-25(36-31-14-10-24(34)20-30(31)35)15-17-32(23,4)29(26)16-18-33(27,28)5/h10,14,20-23,25-29H,6-9,11-13,15-19,34-35H2,1-5H3/t22?,23?,25?,26-,27?,28?,29?,32?,33?/m0/s1. The van der Waals surface area contributed by atoms with Crippen LogP contribution in [0.5, 0.6) is 5.75 Å². The van der Waals surface area contributed by atoms with E-state index in [0.717, 1.165) is 53.6 Å². The third-order valence-corrected chi connectivity index (χ3v) is 12.1. The number of nitrogens with two attached hydrogens (primary N) is 2. The molecule has 4 saturated carbocycles. The summed E-state index contributed by atoms with van der Waals surface area (Å²) >= 11 is 0. The van der Waals surface area contributed by atoms with Gasteiger partial charge in [0.2, 0.25) is 0 Å². The van der Waals surface area contributed by atoms with Gasteiger partial charge in [-0.2, -0.15) is 0 Å². The molecule has 1 aromatic rings. The predicted molar refractivity (Wildman–Crippen MR) is 153 cm³/mol. The maximum absolute atomic E-state index is 6.46. The molecule has 8 unspecified atom stereocenters. The summed E-state index contributed by atoms with van der Waals surface area (Å²) in [5.41, 5.74) is 14.6. The van der Waals surface area contributed by atoms with E-state index in [9.17, 15) is 0 Å². The van der Waals surface area contributed by atoms with Gasteiger partial charge in [0.25, 0.3) is 0 Å². The van der Waals surface area contributed by atoms with Gasteiger partial charge in [-0.25, -0.2) is 0 Å². The number of nitrogen functional groups attached to an aromatic ring is 2. The molecule has 5 rings (SSSR count). The molecule has 0 aromatic heterocycles. The summed E-state index contributed by atoms with van der Waals surface area (Å²) in [6, 6.07) is 5.69. The minimum Gasteiger partial charge on any atom is -0.488 e. The van der Waals surface area contributed by atoms with Gasteiger partial charge in [-0.15, -0.1) is 0 Å². The first-order valence-electron chi connectivity index (χ1n) is 15.4. The monoisotopic (exact) mass is 494 g/mol. The first kappa shape index (κ1) is 26.2. The number of hydrogen-bond acceptors (Lipinski definition) is 3. The zero-order valence-electron chi connectivity index (χ0n) is 23.9. The molecular weight excluding hydrogens is 440 g/mol. The Morgan fingerprint density at radius 3 is 2.39 bits per heavy atom. The summed E-state index contributed by atoms with van der Waals surface area (Å²) in [6.45, 7) is 12.7. The van der Waals surface area contributed by atoms with Crippen LogP contribution in [-0.4, -0.2) is 6.10 Å². The average molecular weight is 495 g/mol. The Labute approximate surface area is 221 Å². The molecule has 9 atom stereocenters. The second kappa shape index (κ2) is 10.1. The van der Waals surface area contributed by atoms with Crippen molar-refractivity contribution in [2.45, 2.75) is 118 Å². The van der Waals surface area contributed by atoms with Crippen molar-refractivity contribution >= 4 is 11.4 Å². The lowest BCUT2D eigenvalue weighted by Crippen LogP contribution is -2.54. The number of anilines is 2. The smallest absolute Gasteiger partial charge is 0.142 e. The first-order valence-corrected chi connectivity index (χ1v) is 15.4. The van der Waals surface area contributed by atoms with E-state index in [1.54, 1.807) is 0 Å². The van der Waals surface area contributed by atoms with E-state index in [-0.39, 0.29) is 0 Å². The highest BCUT2D eigenvalue weighted by molar-refractivity contribution is 5.60. The molecule has 1 aromatic carbocycles. The van der Waals surface area contributed by atoms with Gasteiger partial charge in [-0.3, -0.25) is 0 Å². The molecule has 0 bridgehead atoms. The molecule has 0 spiro atoms. The molecule has 0 aliphatic heterocycles. The lowest BCUT2D eigenvalue weighted by Gasteiger charge is -2.61. The topological polar surface area (TPSA) is 61.3 Å². The quantitative estimate of drug-likeness (QED) is 0.372. The Balaban J connectivity index is 1.24. The van der Waals surface area contributed by atoms with Crippen LogP contribution in [0.4, 0.5) is 11.4 Å². The SMILES string of the molecule is CC(C)CCCC(C)C1CCC2[C@@H]3CCC4CC(Oc5ccc(N)cc5N)CCC4(C)C3CCC12C. The van der Waals surface area contributed by atoms with E-state index in [4.69, 9.17) is 16.2 Å². The van der Waals surface area contributed by atoms with Gasteiger partial charge in [0.05, 0.1) is 11.8 Å². The Bertz CT molecular complexity index is 913. The highest BCUT2D eigenvalue weighted by Crippen LogP contribution is 2.68. The largest absolute Gasteiger partial charge is 0.488 e. The fourth-order valence-electron chi connectivity index (χ4n) is 10.2. The van der Waals surface area contributed by atoms with Crippen molar-refractivity contribution in [3.05, 3.63) is 18.2 Å². The summed E-state index contributed by atoms with van der Waals surface area (Å²) in [6.07, 6.45) is 17.0. The number of ether oxygens (including phenoxy) is 1. The summed E-state index contributed by atoms with van der Waals surface area (Å²) in [5, 5.41) is 0. The van der Waals surface area contributed by atoms with Crippen molar-refractivity contribution < 1.29 is 4.74 Å². The first-order chi connectivity index (χ1) is 17.1. The zero-order valence-corrected chi connectivity index (χ0v) is 23.9. The molecule has 4 aliphatic rings. The van der Waals surface area contributed by atoms with Crippen LogP contribution < -0.4 is 16.2 Å². The van der Waals surface area contributed by atoms with Crippen LogP contribution in [-0.2, 0) is 0 Å². The molecule has 3 heteroatoms. The van der Waals surface area contributed by atoms with E-state index < -0.39 is 0 Å². The summed E-state index contributed by atoms with van der Waals surface area (Å²) in [4.78, 5) is 0. The highest BCUT2D eigenvalue weighted by Gasteiger charge is 2.60. The molecule has 0 amide bonds. The summed E-state index contributed by atoms with van der Waals surface area (Å²) < 4.78 is 6.46. The molecule has 0 radical (unpaired) electrons. The van der Waals surface area contributed by atoms with E-state index in [1.807, 2.05) is 18.2 Å². The van der Waals surface area contributed by atoms with Gasteiger partial charge in [0.15, 0.2) is 0 Å². The van der Waals surface area contributed by atoms with Crippen molar-refractivity contribution in [3.8, 4) is 5.75 Å². The third kappa shape index (κ3) is 4.66. The predicted octanol–water partition coefficient (Wildman–Crippen LogP) is 8.72. The van der Waals surface area contributed by atoms with Crippen molar-refractivity contribution in [2.75, 3.05) is 11.5 Å². The van der Waals surface area contributed by atoms with Gasteiger partial charge in [-0.05, 0) is 128 Å². The average Bonchev–Trinajstić information content (AvgIpc) is 3.18. The van der Waals surface area contributed by atoms with Gasteiger partial charge < -0.3 is 16.2 Å². The summed E-state index contributed by atoms with van der Waals surface area (Å²) in [5.74, 6) is 7.17. The minimum atomic E-state index is 0.293. The van der Waals surface area contributed by atoms with Gasteiger partial charge in [0.1, 0.15) is 5.75 Å². The number of benzene rings is 1. The second-order valence-electron chi connectivity index (χ2n) is 14.5. The van der Waals surface area contributed by atoms with Gasteiger partial charge >= 0.3 is 0 Å². The van der Waals surface area contributed by atoms with E-state index in [0.29, 0.717) is 28.3 Å². The van der Waals surface area contributed by atoms with Crippen molar-refractivity contribution in [1.29, 1.82) is 0 Å². The fourth-order valence-corrected chi connectivity index (χ4v) is 10.2. The Hall–Kier alpha value is -1.38. The van der Waals surface area contributed by atoms with Crippen molar-refractivity contribution in [3.63, 3.8) is 0 Å². The second-order valence-corrected chi connectivity index (χ2v) is 14.5. The van der Waals surface area contributed by atoms with Crippen LogP contribution in [0.1, 0.15) is 112 Å². The molecule has 4 aliphatic carbocycles. The van der Waals surface area contributed by atoms with Gasteiger partial charge in [0, 0.05) is 5.69 Å². The van der Waals surface area contributed by atoms with Crippen LogP contribution in [0.25, 0.3) is 0 Å². The maximum atomic E-state index is 6.46. The fraction of sp³-hybridized carbons (Fsp3) is 0.818. The summed E-state index contributed by atoms with van der Waals surface area (Å²) in [7, 11) is 0.